The van der Waals surface area contributed by atoms with Crippen molar-refractivity contribution in [1.29, 1.82) is 0 Å². The summed E-state index contributed by atoms with van der Waals surface area (Å²) < 4.78 is 1.67. The van der Waals surface area contributed by atoms with Gasteiger partial charge in [-0.25, -0.2) is 4.52 Å². The van der Waals surface area contributed by atoms with E-state index in [-0.39, 0.29) is 11.5 Å². The first-order valence-electron chi connectivity index (χ1n) is 9.04. The Bertz CT molecular complexity index is 1030. The molecule has 2 aliphatic rings. The van der Waals surface area contributed by atoms with Crippen LogP contribution in [0.15, 0.2) is 35.3 Å². The first-order valence-corrected chi connectivity index (χ1v) is 9.04. The predicted octanol–water partition coefficient (Wildman–Crippen LogP) is 2.58. The number of rotatable bonds is 1. The van der Waals surface area contributed by atoms with Crippen LogP contribution in [0.25, 0.3) is 16.6 Å². The lowest BCUT2D eigenvalue weighted by atomic mass is 9.85. The van der Waals surface area contributed by atoms with Gasteiger partial charge in [-0.3, -0.25) is 9.59 Å². The number of carbonyl (C=O) groups is 1. The van der Waals surface area contributed by atoms with Crippen LogP contribution >= 0.6 is 0 Å². The monoisotopic (exact) mass is 336 g/mol. The maximum absolute atomic E-state index is 13.2. The number of H-pyrrole nitrogens is 1. The normalized spacial score (nSPS) is 23.3. The molecule has 2 aromatic heterocycles. The number of aromatic amines is 1. The number of benzene rings is 1. The van der Waals surface area contributed by atoms with E-state index in [2.05, 4.69) is 10.1 Å². The number of aromatic nitrogens is 3. The summed E-state index contributed by atoms with van der Waals surface area (Å²) in [6, 6.07) is 7.67. The van der Waals surface area contributed by atoms with Crippen molar-refractivity contribution in [2.75, 3.05) is 6.54 Å². The molecule has 0 spiro atoms. The Balaban J connectivity index is 1.61. The molecule has 1 aliphatic carbocycles. The van der Waals surface area contributed by atoms with Gasteiger partial charge in [0, 0.05) is 12.6 Å². The predicted molar refractivity (Wildman–Crippen MR) is 94.7 cm³/mol. The lowest BCUT2D eigenvalue weighted by molar-refractivity contribution is 0.0692. The Morgan fingerprint density at radius 2 is 2.00 bits per heavy atom. The Morgan fingerprint density at radius 1 is 1.16 bits per heavy atom. The summed E-state index contributed by atoms with van der Waals surface area (Å²) in [6.45, 7) is 0.809. The van der Waals surface area contributed by atoms with E-state index in [1.165, 1.54) is 19.3 Å². The Morgan fingerprint density at radius 3 is 2.92 bits per heavy atom. The molecule has 5 rings (SSSR count). The highest BCUT2D eigenvalue weighted by molar-refractivity contribution is 6.01. The van der Waals surface area contributed by atoms with Gasteiger partial charge < -0.3 is 9.88 Å². The molecular formula is C19H20N4O2. The number of carbonyl (C=O) groups excluding carboxylic acids is 1. The molecule has 1 aromatic carbocycles. The summed E-state index contributed by atoms with van der Waals surface area (Å²) in [5, 5.41) is 4.96. The molecule has 1 saturated carbocycles. The van der Waals surface area contributed by atoms with E-state index < -0.39 is 0 Å². The standard InChI is InChI=1S/C19H20N4O2/c24-18-13-6-2-4-8-16(13)23-17(21-18)14(11-20-23)19(25)22-10-9-12-5-1-3-7-15(12)22/h2,4,6,8,11-12,15H,1,3,5,7,9-10H2,(H,21,24). The molecule has 6 nitrogen and oxygen atoms in total. The fourth-order valence-electron chi connectivity index (χ4n) is 4.65. The highest BCUT2D eigenvalue weighted by Crippen LogP contribution is 2.37. The van der Waals surface area contributed by atoms with Crippen LogP contribution in [0, 0.1) is 5.92 Å². The topological polar surface area (TPSA) is 70.5 Å². The van der Waals surface area contributed by atoms with E-state index >= 15 is 0 Å². The van der Waals surface area contributed by atoms with Crippen LogP contribution in [-0.4, -0.2) is 38.0 Å². The molecule has 3 heterocycles. The number of likely N-dealkylation sites (tertiary alicyclic amines) is 1. The van der Waals surface area contributed by atoms with Gasteiger partial charge in [0.05, 0.1) is 17.1 Å². The summed E-state index contributed by atoms with van der Waals surface area (Å²) in [6.07, 6.45) is 7.48. The summed E-state index contributed by atoms with van der Waals surface area (Å²) in [5.41, 5.74) is 1.52. The number of para-hydroxylation sites is 1. The smallest absolute Gasteiger partial charge is 0.259 e. The highest BCUT2D eigenvalue weighted by atomic mass is 16.2. The van der Waals surface area contributed by atoms with Crippen molar-refractivity contribution in [2.24, 2.45) is 5.92 Å². The van der Waals surface area contributed by atoms with Crippen LogP contribution in [0.2, 0.25) is 0 Å². The van der Waals surface area contributed by atoms with Crippen LogP contribution in [-0.2, 0) is 0 Å². The average Bonchev–Trinajstić information content (AvgIpc) is 3.26. The summed E-state index contributed by atoms with van der Waals surface area (Å²) in [4.78, 5) is 30.4. The van der Waals surface area contributed by atoms with E-state index in [1.807, 2.05) is 23.1 Å². The van der Waals surface area contributed by atoms with E-state index in [9.17, 15) is 9.59 Å². The van der Waals surface area contributed by atoms with Crippen molar-refractivity contribution < 1.29 is 4.79 Å². The SMILES string of the molecule is O=C(c1cnn2c1[nH]c(=O)c1ccccc12)N1CCC2CCCCC21. The van der Waals surface area contributed by atoms with Crippen LogP contribution in [0.1, 0.15) is 42.5 Å². The minimum Gasteiger partial charge on any atom is -0.335 e. The number of nitrogens with zero attached hydrogens (tertiary/aromatic N) is 3. The Labute approximate surface area is 144 Å². The van der Waals surface area contributed by atoms with E-state index in [0.29, 0.717) is 28.6 Å². The molecule has 0 bridgehead atoms. The first kappa shape index (κ1) is 14.7. The molecule has 2 fully saturated rings. The van der Waals surface area contributed by atoms with Crippen LogP contribution in [0.4, 0.5) is 0 Å². The molecule has 1 amide bonds. The van der Waals surface area contributed by atoms with Gasteiger partial charge in [-0.05, 0) is 37.3 Å². The molecule has 3 aromatic rings. The molecule has 1 saturated heterocycles. The molecule has 25 heavy (non-hydrogen) atoms. The van der Waals surface area contributed by atoms with Crippen molar-refractivity contribution >= 4 is 22.5 Å². The van der Waals surface area contributed by atoms with Crippen molar-refractivity contribution in [2.45, 2.75) is 38.1 Å². The van der Waals surface area contributed by atoms with Gasteiger partial charge in [0.15, 0.2) is 0 Å². The second kappa shape index (κ2) is 5.44. The maximum Gasteiger partial charge on any atom is 0.259 e. The van der Waals surface area contributed by atoms with E-state index in [0.717, 1.165) is 24.9 Å². The molecule has 1 aliphatic heterocycles. The minimum absolute atomic E-state index is 0.00432. The molecular weight excluding hydrogens is 316 g/mol. The third-order valence-electron chi connectivity index (χ3n) is 5.88. The van der Waals surface area contributed by atoms with Gasteiger partial charge >= 0.3 is 0 Å². The second-order valence-electron chi connectivity index (χ2n) is 7.19. The Kier molecular flexibility index (Phi) is 3.20. The zero-order chi connectivity index (χ0) is 17.0. The van der Waals surface area contributed by atoms with E-state index in [1.54, 1.807) is 16.8 Å². The lowest BCUT2D eigenvalue weighted by Crippen LogP contribution is -2.39. The van der Waals surface area contributed by atoms with Gasteiger partial charge in [-0.2, -0.15) is 5.10 Å². The fraction of sp³-hybridized carbons (Fsp3) is 0.421. The quantitative estimate of drug-likeness (QED) is 0.742. The lowest BCUT2D eigenvalue weighted by Gasteiger charge is -2.31. The minimum atomic E-state index is -0.186. The number of hydrogen-bond donors (Lipinski definition) is 1. The summed E-state index contributed by atoms with van der Waals surface area (Å²) in [7, 11) is 0. The van der Waals surface area contributed by atoms with Crippen molar-refractivity contribution in [3.05, 3.63) is 46.4 Å². The highest BCUT2D eigenvalue weighted by Gasteiger charge is 2.39. The zero-order valence-electron chi connectivity index (χ0n) is 13.9. The zero-order valence-corrected chi connectivity index (χ0v) is 13.9. The number of nitrogens with one attached hydrogen (secondary N) is 1. The molecule has 2 atom stereocenters. The van der Waals surface area contributed by atoms with Crippen LogP contribution in [0.3, 0.4) is 0 Å². The molecule has 1 N–H and O–H groups in total. The fourth-order valence-corrected chi connectivity index (χ4v) is 4.65. The third-order valence-corrected chi connectivity index (χ3v) is 5.88. The first-order chi connectivity index (χ1) is 12.2. The van der Waals surface area contributed by atoms with Crippen molar-refractivity contribution in [1.82, 2.24) is 19.5 Å². The summed E-state index contributed by atoms with van der Waals surface area (Å²) >= 11 is 0. The van der Waals surface area contributed by atoms with Crippen molar-refractivity contribution in [3.8, 4) is 0 Å². The molecule has 128 valence electrons. The maximum atomic E-state index is 13.2. The van der Waals surface area contributed by atoms with Crippen molar-refractivity contribution in [3.63, 3.8) is 0 Å². The Hall–Kier alpha value is -2.63. The van der Waals surface area contributed by atoms with E-state index in [4.69, 9.17) is 0 Å². The van der Waals surface area contributed by atoms with Gasteiger partial charge in [-0.15, -0.1) is 0 Å². The number of fused-ring (bicyclic) bond motifs is 4. The molecule has 0 radical (unpaired) electrons. The van der Waals surface area contributed by atoms with Gasteiger partial charge in [0.2, 0.25) is 0 Å². The number of hydrogen-bond acceptors (Lipinski definition) is 3. The van der Waals surface area contributed by atoms with Gasteiger partial charge in [0.1, 0.15) is 11.2 Å². The molecule has 6 heteroatoms. The summed E-state index contributed by atoms with van der Waals surface area (Å²) in [5.74, 6) is 0.634. The van der Waals surface area contributed by atoms with Crippen LogP contribution in [0.5, 0.6) is 0 Å². The average molecular weight is 336 g/mol. The molecule has 2 unspecified atom stereocenters. The van der Waals surface area contributed by atoms with Gasteiger partial charge in [0.25, 0.3) is 11.5 Å². The second-order valence-corrected chi connectivity index (χ2v) is 7.19. The third kappa shape index (κ3) is 2.13. The number of amides is 1. The van der Waals surface area contributed by atoms with Gasteiger partial charge in [-0.1, -0.05) is 25.0 Å². The largest absolute Gasteiger partial charge is 0.335 e. The van der Waals surface area contributed by atoms with Crippen LogP contribution < -0.4 is 5.56 Å².